The molecule has 0 saturated carbocycles. The number of allylic oxidation sites excluding steroid dienone is 18. The van der Waals surface area contributed by atoms with E-state index in [-0.39, 0.29) is 44.0 Å². The molecule has 0 bridgehead atoms. The normalized spacial score (nSPS) is 13.0. The molecule has 1 atom stereocenters. The van der Waals surface area contributed by atoms with Gasteiger partial charge in [-0.05, 0) is 89.9 Å². The number of rotatable bonds is 44. The van der Waals surface area contributed by atoms with Gasteiger partial charge in [0, 0.05) is 19.3 Å². The van der Waals surface area contributed by atoms with Crippen molar-refractivity contribution in [3.05, 3.63) is 109 Å². The van der Waals surface area contributed by atoms with Gasteiger partial charge < -0.3 is 14.2 Å². The zero-order valence-electron chi connectivity index (χ0n) is 40.5. The Hall–Kier alpha value is -3.93. The maximum Gasteiger partial charge on any atom is 0.306 e. The van der Waals surface area contributed by atoms with E-state index in [9.17, 15) is 14.4 Å². The molecule has 0 aromatic rings. The van der Waals surface area contributed by atoms with Crippen LogP contribution in [0, 0.1) is 0 Å². The first kappa shape index (κ1) is 59.1. The number of hydrogen-bond donors (Lipinski definition) is 0. The molecule has 63 heavy (non-hydrogen) atoms. The molecule has 0 aliphatic rings. The molecule has 0 aromatic carbocycles. The Kier molecular flexibility index (Phi) is 47.5. The molecule has 356 valence electrons. The molecule has 0 amide bonds. The number of carbonyl (C=O) groups excluding carboxylic acids is 3. The summed E-state index contributed by atoms with van der Waals surface area (Å²) < 4.78 is 16.7. The van der Waals surface area contributed by atoms with Gasteiger partial charge in [0.25, 0.3) is 0 Å². The molecule has 0 heterocycles. The average molecular weight is 873 g/mol. The van der Waals surface area contributed by atoms with Gasteiger partial charge in [0.05, 0.1) is 0 Å². The van der Waals surface area contributed by atoms with Crippen molar-refractivity contribution >= 4 is 17.9 Å². The highest BCUT2D eigenvalue weighted by atomic mass is 16.6. The number of unbranched alkanes of at least 4 members (excludes halogenated alkanes) is 18. The molecule has 0 radical (unpaired) electrons. The van der Waals surface area contributed by atoms with Crippen molar-refractivity contribution in [1.82, 2.24) is 0 Å². The van der Waals surface area contributed by atoms with Crippen LogP contribution in [0.2, 0.25) is 0 Å². The summed E-state index contributed by atoms with van der Waals surface area (Å²) in [5.41, 5.74) is 0. The fraction of sp³-hybridized carbons (Fsp3) is 0.632. The highest BCUT2D eigenvalue weighted by Crippen LogP contribution is 2.13. The van der Waals surface area contributed by atoms with Gasteiger partial charge in [0.15, 0.2) is 6.10 Å². The summed E-state index contributed by atoms with van der Waals surface area (Å²) in [4.78, 5) is 37.9. The summed E-state index contributed by atoms with van der Waals surface area (Å²) in [6.45, 7) is 6.27. The van der Waals surface area contributed by atoms with Crippen molar-refractivity contribution < 1.29 is 28.6 Å². The van der Waals surface area contributed by atoms with Crippen LogP contribution in [0.25, 0.3) is 0 Å². The van der Waals surface area contributed by atoms with Gasteiger partial charge >= 0.3 is 17.9 Å². The fourth-order valence-corrected chi connectivity index (χ4v) is 6.58. The minimum absolute atomic E-state index is 0.116. The van der Waals surface area contributed by atoms with Gasteiger partial charge in [0.1, 0.15) is 13.2 Å². The number of hydrogen-bond acceptors (Lipinski definition) is 6. The Morgan fingerprint density at radius 2 is 0.730 bits per heavy atom. The van der Waals surface area contributed by atoms with E-state index in [4.69, 9.17) is 14.2 Å². The van der Waals surface area contributed by atoms with Crippen LogP contribution in [-0.2, 0) is 28.6 Å². The Bertz CT molecular complexity index is 1330. The Morgan fingerprint density at radius 3 is 1.27 bits per heavy atom. The van der Waals surface area contributed by atoms with Gasteiger partial charge in [0.2, 0.25) is 0 Å². The van der Waals surface area contributed by atoms with Crippen molar-refractivity contribution in [1.29, 1.82) is 0 Å². The lowest BCUT2D eigenvalue weighted by Gasteiger charge is -2.18. The molecule has 0 N–H and O–H groups in total. The third-order valence-electron chi connectivity index (χ3n) is 10.4. The van der Waals surface area contributed by atoms with Crippen molar-refractivity contribution in [2.75, 3.05) is 13.2 Å². The molecular weight excluding hydrogens is 781 g/mol. The average Bonchev–Trinajstić information content (AvgIpc) is 3.28. The van der Waals surface area contributed by atoms with Crippen LogP contribution in [0.1, 0.15) is 213 Å². The van der Waals surface area contributed by atoms with Crippen molar-refractivity contribution in [2.24, 2.45) is 0 Å². The predicted octanol–water partition coefficient (Wildman–Crippen LogP) is 16.8. The molecule has 0 aliphatic heterocycles. The van der Waals surface area contributed by atoms with Gasteiger partial charge in [-0.3, -0.25) is 14.4 Å². The van der Waals surface area contributed by atoms with Gasteiger partial charge in [-0.1, -0.05) is 214 Å². The van der Waals surface area contributed by atoms with Crippen molar-refractivity contribution in [2.45, 2.75) is 219 Å². The molecule has 0 aliphatic carbocycles. The summed E-state index contributed by atoms with van der Waals surface area (Å²) >= 11 is 0. The maximum absolute atomic E-state index is 12.8. The van der Waals surface area contributed by atoms with Crippen LogP contribution in [0.3, 0.4) is 0 Å². The molecule has 0 fully saturated rings. The van der Waals surface area contributed by atoms with Crippen LogP contribution < -0.4 is 0 Å². The zero-order valence-corrected chi connectivity index (χ0v) is 40.5. The van der Waals surface area contributed by atoms with E-state index in [2.05, 4.69) is 87.6 Å². The Labute approximate surface area is 387 Å². The lowest BCUT2D eigenvalue weighted by Crippen LogP contribution is -2.30. The lowest BCUT2D eigenvalue weighted by atomic mass is 10.1. The monoisotopic (exact) mass is 873 g/mol. The second-order valence-electron chi connectivity index (χ2n) is 16.4. The third-order valence-corrected chi connectivity index (χ3v) is 10.4. The molecular formula is C57H92O6. The summed E-state index contributed by atoms with van der Waals surface area (Å²) in [6.07, 6.45) is 68.0. The van der Waals surface area contributed by atoms with E-state index < -0.39 is 6.10 Å². The smallest absolute Gasteiger partial charge is 0.306 e. The molecule has 0 rings (SSSR count). The van der Waals surface area contributed by atoms with Gasteiger partial charge in [-0.2, -0.15) is 0 Å². The summed E-state index contributed by atoms with van der Waals surface area (Å²) in [5.74, 6) is -1.04. The van der Waals surface area contributed by atoms with Crippen molar-refractivity contribution in [3.63, 3.8) is 0 Å². The number of carbonyl (C=O) groups is 3. The van der Waals surface area contributed by atoms with E-state index in [1.165, 1.54) is 77.0 Å². The first-order valence-electron chi connectivity index (χ1n) is 25.4. The summed E-state index contributed by atoms with van der Waals surface area (Å²) in [5, 5.41) is 0. The second-order valence-corrected chi connectivity index (χ2v) is 16.4. The third kappa shape index (κ3) is 49.0. The SMILES string of the molecule is CC/C=C/C=C/C=C/C=C/CCCCCC(=O)OC(COC(=O)CC/C=C/C/C=C/CCCCCCCC)COC(=O)CCCCCCCCCCC/C=C/C/C=C/C/C=C/CC. The maximum atomic E-state index is 12.8. The van der Waals surface area contributed by atoms with Crippen LogP contribution in [0.5, 0.6) is 0 Å². The van der Waals surface area contributed by atoms with Gasteiger partial charge in [-0.25, -0.2) is 0 Å². The number of esters is 3. The van der Waals surface area contributed by atoms with Crippen LogP contribution in [0.4, 0.5) is 0 Å². The highest BCUT2D eigenvalue weighted by molar-refractivity contribution is 5.71. The van der Waals surface area contributed by atoms with Crippen LogP contribution in [0.15, 0.2) is 109 Å². The minimum Gasteiger partial charge on any atom is -0.462 e. The van der Waals surface area contributed by atoms with Gasteiger partial charge in [-0.15, -0.1) is 0 Å². The van der Waals surface area contributed by atoms with Crippen molar-refractivity contribution in [3.8, 4) is 0 Å². The second kappa shape index (κ2) is 50.7. The lowest BCUT2D eigenvalue weighted by molar-refractivity contribution is -0.166. The molecule has 6 heteroatoms. The first-order valence-corrected chi connectivity index (χ1v) is 25.4. The summed E-state index contributed by atoms with van der Waals surface area (Å²) in [6, 6.07) is 0. The van der Waals surface area contributed by atoms with E-state index in [0.29, 0.717) is 19.3 Å². The topological polar surface area (TPSA) is 78.9 Å². The fourth-order valence-electron chi connectivity index (χ4n) is 6.58. The molecule has 0 spiro atoms. The molecule has 6 nitrogen and oxygen atoms in total. The standard InChI is InChI=1S/C57H92O6/c1-4-7-10-13-16-19-22-25-26-27-28-29-30-33-35-38-41-44-47-50-56(59)62-53-54(63-57(60)51-48-45-42-39-36-32-24-21-18-15-12-9-6-3)52-61-55(58)49-46-43-40-37-34-31-23-20-17-14-11-8-5-2/h7,9-10,12,15-16,18-19,21,24-26,31-32,34,36,40,43,54H,4-6,8,11,13-14,17,20,22-23,27-30,33,35,37-39,41-42,44-53H2,1-3H3/b10-7+,12-9+,18-15+,19-16+,24-21+,26-25+,34-31+,36-32+,43-40+. The molecule has 1 unspecified atom stereocenters. The predicted molar refractivity (Wildman–Crippen MR) is 270 cm³/mol. The number of ether oxygens (including phenoxy) is 3. The Balaban J connectivity index is 4.48. The van der Waals surface area contributed by atoms with E-state index in [1.807, 2.05) is 42.5 Å². The first-order chi connectivity index (χ1) is 31.0. The van der Waals surface area contributed by atoms with E-state index in [1.54, 1.807) is 0 Å². The molecule has 0 aromatic heterocycles. The minimum atomic E-state index is -0.824. The zero-order chi connectivity index (χ0) is 45.8. The largest absolute Gasteiger partial charge is 0.462 e. The van der Waals surface area contributed by atoms with E-state index >= 15 is 0 Å². The highest BCUT2D eigenvalue weighted by Gasteiger charge is 2.19. The van der Waals surface area contributed by atoms with Crippen LogP contribution in [-0.4, -0.2) is 37.2 Å². The van der Waals surface area contributed by atoms with E-state index in [0.717, 1.165) is 83.5 Å². The summed E-state index contributed by atoms with van der Waals surface area (Å²) in [7, 11) is 0. The Morgan fingerprint density at radius 1 is 0.349 bits per heavy atom. The molecule has 0 saturated heterocycles. The quantitative estimate of drug-likeness (QED) is 0.0199. The van der Waals surface area contributed by atoms with Crippen LogP contribution >= 0.6 is 0 Å².